The number of aromatic amines is 1. The van der Waals surface area contributed by atoms with Crippen LogP contribution in [0.1, 0.15) is 35.2 Å². The molecule has 0 fully saturated rings. The Morgan fingerprint density at radius 2 is 1.94 bits per heavy atom. The van der Waals surface area contributed by atoms with E-state index in [2.05, 4.69) is 33.9 Å². The van der Waals surface area contributed by atoms with Crippen LogP contribution in [0.4, 0.5) is 0 Å². The number of pyridine rings is 1. The Morgan fingerprint density at radius 1 is 1.22 bits per heavy atom. The number of hydrogen-bond acceptors (Lipinski definition) is 1. The SMILES string of the molecule is Cc1cc2[nH]c3c(c(=O)c2c(C)c1Br)CCCC3. The third kappa shape index (κ3) is 1.64. The van der Waals surface area contributed by atoms with Crippen molar-refractivity contribution in [3.05, 3.63) is 43.1 Å². The molecule has 1 aromatic heterocycles. The van der Waals surface area contributed by atoms with Gasteiger partial charge >= 0.3 is 0 Å². The summed E-state index contributed by atoms with van der Waals surface area (Å²) in [7, 11) is 0. The summed E-state index contributed by atoms with van der Waals surface area (Å²) in [6.07, 6.45) is 4.25. The zero-order chi connectivity index (χ0) is 12.9. The second-order valence-electron chi connectivity index (χ2n) is 5.17. The summed E-state index contributed by atoms with van der Waals surface area (Å²) in [6, 6.07) is 2.07. The summed E-state index contributed by atoms with van der Waals surface area (Å²) < 4.78 is 1.05. The highest BCUT2D eigenvalue weighted by molar-refractivity contribution is 9.10. The maximum atomic E-state index is 12.6. The minimum absolute atomic E-state index is 0.233. The zero-order valence-corrected chi connectivity index (χ0v) is 12.3. The van der Waals surface area contributed by atoms with Gasteiger partial charge in [-0.05, 0) is 56.7 Å². The van der Waals surface area contributed by atoms with Crippen molar-refractivity contribution in [3.8, 4) is 0 Å². The molecule has 18 heavy (non-hydrogen) atoms. The number of H-pyrrole nitrogens is 1. The molecular formula is C15H16BrNO. The molecule has 3 rings (SSSR count). The molecule has 1 N–H and O–H groups in total. The molecule has 0 spiro atoms. The van der Waals surface area contributed by atoms with Crippen LogP contribution in [0.15, 0.2) is 15.3 Å². The highest BCUT2D eigenvalue weighted by Crippen LogP contribution is 2.28. The van der Waals surface area contributed by atoms with Crippen molar-refractivity contribution in [2.75, 3.05) is 0 Å². The van der Waals surface area contributed by atoms with Crippen LogP contribution < -0.4 is 5.43 Å². The van der Waals surface area contributed by atoms with E-state index < -0.39 is 0 Å². The number of rotatable bonds is 0. The fourth-order valence-corrected chi connectivity index (χ4v) is 3.27. The molecule has 0 saturated heterocycles. The molecule has 0 aliphatic heterocycles. The van der Waals surface area contributed by atoms with Crippen LogP contribution in [0.5, 0.6) is 0 Å². The van der Waals surface area contributed by atoms with Crippen LogP contribution in [0, 0.1) is 13.8 Å². The number of halogens is 1. The molecule has 2 aromatic rings. The first kappa shape index (κ1) is 12.0. The van der Waals surface area contributed by atoms with Gasteiger partial charge in [0.25, 0.3) is 0 Å². The number of nitrogens with one attached hydrogen (secondary N) is 1. The van der Waals surface area contributed by atoms with Crippen molar-refractivity contribution in [1.82, 2.24) is 4.98 Å². The highest BCUT2D eigenvalue weighted by atomic mass is 79.9. The molecule has 3 heteroatoms. The molecule has 0 bridgehead atoms. The summed E-state index contributed by atoms with van der Waals surface area (Å²) in [4.78, 5) is 16.1. The van der Waals surface area contributed by atoms with Crippen molar-refractivity contribution in [1.29, 1.82) is 0 Å². The van der Waals surface area contributed by atoms with Gasteiger partial charge in [0.05, 0.1) is 5.52 Å². The summed E-state index contributed by atoms with van der Waals surface area (Å²) in [5.74, 6) is 0. The quantitative estimate of drug-likeness (QED) is 0.789. The topological polar surface area (TPSA) is 32.9 Å². The van der Waals surface area contributed by atoms with Crippen molar-refractivity contribution in [2.24, 2.45) is 0 Å². The molecular weight excluding hydrogens is 290 g/mol. The fourth-order valence-electron chi connectivity index (χ4n) is 2.96. The van der Waals surface area contributed by atoms with Crippen LogP contribution >= 0.6 is 15.9 Å². The molecule has 0 radical (unpaired) electrons. The minimum Gasteiger partial charge on any atom is -0.358 e. The standard InChI is InChI=1S/C15H16BrNO/c1-8-7-12-13(9(2)14(8)16)15(18)10-5-3-4-6-11(10)17-12/h7H,3-6H2,1-2H3,(H,17,18). The molecule has 1 heterocycles. The van der Waals surface area contributed by atoms with Gasteiger partial charge in [-0.2, -0.15) is 0 Å². The Labute approximate surface area is 115 Å². The Bertz CT molecular complexity index is 700. The van der Waals surface area contributed by atoms with Crippen molar-refractivity contribution >= 4 is 26.8 Å². The molecule has 0 atom stereocenters. The van der Waals surface area contributed by atoms with Crippen LogP contribution in [-0.4, -0.2) is 4.98 Å². The maximum Gasteiger partial charge on any atom is 0.193 e. The maximum absolute atomic E-state index is 12.6. The number of fused-ring (bicyclic) bond motifs is 2. The molecule has 1 aliphatic rings. The predicted molar refractivity (Wildman–Crippen MR) is 78.4 cm³/mol. The van der Waals surface area contributed by atoms with E-state index in [1.807, 2.05) is 6.92 Å². The van der Waals surface area contributed by atoms with E-state index in [4.69, 9.17) is 0 Å². The Kier molecular flexibility index (Phi) is 2.81. The first-order valence-electron chi connectivity index (χ1n) is 6.43. The Morgan fingerprint density at radius 3 is 2.72 bits per heavy atom. The van der Waals surface area contributed by atoms with Crippen molar-refractivity contribution < 1.29 is 0 Å². The van der Waals surface area contributed by atoms with Crippen molar-refractivity contribution in [2.45, 2.75) is 39.5 Å². The Hall–Kier alpha value is -1.09. The van der Waals surface area contributed by atoms with Gasteiger partial charge in [-0.3, -0.25) is 4.79 Å². The van der Waals surface area contributed by atoms with Gasteiger partial charge in [-0.25, -0.2) is 0 Å². The van der Waals surface area contributed by atoms with Gasteiger partial charge in [0.1, 0.15) is 0 Å². The van der Waals surface area contributed by atoms with Crippen LogP contribution in [0.2, 0.25) is 0 Å². The summed E-state index contributed by atoms with van der Waals surface area (Å²) >= 11 is 3.58. The number of benzene rings is 1. The summed E-state index contributed by atoms with van der Waals surface area (Å²) in [6.45, 7) is 4.08. The van der Waals surface area contributed by atoms with Crippen LogP contribution in [-0.2, 0) is 12.8 Å². The van der Waals surface area contributed by atoms with E-state index in [0.717, 1.165) is 51.5 Å². The lowest BCUT2D eigenvalue weighted by Crippen LogP contribution is -2.19. The third-order valence-electron chi connectivity index (χ3n) is 3.94. The average molecular weight is 306 g/mol. The molecule has 1 aliphatic carbocycles. The van der Waals surface area contributed by atoms with Gasteiger partial charge in [-0.15, -0.1) is 0 Å². The molecule has 1 aromatic carbocycles. The van der Waals surface area contributed by atoms with E-state index in [0.29, 0.717) is 0 Å². The third-order valence-corrected chi connectivity index (χ3v) is 5.16. The molecule has 0 unspecified atom stereocenters. The number of aryl methyl sites for hydroxylation is 3. The average Bonchev–Trinajstić information content (AvgIpc) is 2.36. The van der Waals surface area contributed by atoms with Gasteiger partial charge < -0.3 is 4.98 Å². The first-order valence-corrected chi connectivity index (χ1v) is 7.22. The second-order valence-corrected chi connectivity index (χ2v) is 5.97. The molecule has 2 nitrogen and oxygen atoms in total. The van der Waals surface area contributed by atoms with Gasteiger partial charge in [-0.1, -0.05) is 15.9 Å². The van der Waals surface area contributed by atoms with E-state index in [9.17, 15) is 4.79 Å². The highest BCUT2D eigenvalue weighted by Gasteiger charge is 2.18. The molecule has 0 amide bonds. The van der Waals surface area contributed by atoms with Crippen LogP contribution in [0.3, 0.4) is 0 Å². The largest absolute Gasteiger partial charge is 0.358 e. The first-order chi connectivity index (χ1) is 8.59. The Balaban J connectivity index is 2.47. The second kappa shape index (κ2) is 4.23. The number of hydrogen-bond donors (Lipinski definition) is 1. The molecule has 0 saturated carbocycles. The lowest BCUT2D eigenvalue weighted by Gasteiger charge is -2.17. The monoisotopic (exact) mass is 305 g/mol. The number of aromatic nitrogens is 1. The zero-order valence-electron chi connectivity index (χ0n) is 10.7. The minimum atomic E-state index is 0.233. The smallest absolute Gasteiger partial charge is 0.193 e. The fraction of sp³-hybridized carbons (Fsp3) is 0.400. The van der Waals surface area contributed by atoms with E-state index in [1.165, 1.54) is 12.0 Å². The lowest BCUT2D eigenvalue weighted by atomic mass is 9.93. The van der Waals surface area contributed by atoms with E-state index >= 15 is 0 Å². The van der Waals surface area contributed by atoms with E-state index in [-0.39, 0.29) is 5.43 Å². The summed E-state index contributed by atoms with van der Waals surface area (Å²) in [5, 5.41) is 0.855. The van der Waals surface area contributed by atoms with Gasteiger partial charge in [0.2, 0.25) is 0 Å². The lowest BCUT2D eigenvalue weighted by molar-refractivity contribution is 0.667. The normalized spacial score (nSPS) is 14.8. The van der Waals surface area contributed by atoms with Crippen molar-refractivity contribution in [3.63, 3.8) is 0 Å². The predicted octanol–water partition coefficient (Wildman–Crippen LogP) is 3.79. The molecule has 94 valence electrons. The van der Waals surface area contributed by atoms with Gasteiger partial charge in [0.15, 0.2) is 5.43 Å². The van der Waals surface area contributed by atoms with Gasteiger partial charge in [0, 0.05) is 21.1 Å². The van der Waals surface area contributed by atoms with Crippen LogP contribution in [0.25, 0.3) is 10.9 Å². The summed E-state index contributed by atoms with van der Waals surface area (Å²) in [5.41, 5.74) is 5.61. The van der Waals surface area contributed by atoms with E-state index in [1.54, 1.807) is 0 Å².